The lowest BCUT2D eigenvalue weighted by atomic mass is 9.85. The number of benzene rings is 1. The van der Waals surface area contributed by atoms with Gasteiger partial charge in [0.05, 0.1) is 26.4 Å². The van der Waals surface area contributed by atoms with Gasteiger partial charge >= 0.3 is 6.16 Å². The number of hydroxylamine groups is 4. The van der Waals surface area contributed by atoms with Crippen molar-refractivity contribution in [3.8, 4) is 12.3 Å². The average molecular weight is 414 g/mol. The Hall–Kier alpha value is -2.86. The molecule has 8 heteroatoms. The van der Waals surface area contributed by atoms with Crippen LogP contribution in [0.4, 0.5) is 4.79 Å². The highest BCUT2D eigenvalue weighted by Gasteiger charge is 2.57. The van der Waals surface area contributed by atoms with Crippen molar-refractivity contribution in [3.63, 3.8) is 0 Å². The van der Waals surface area contributed by atoms with Crippen molar-refractivity contribution in [1.82, 2.24) is 10.1 Å². The van der Waals surface area contributed by atoms with Crippen LogP contribution in [0.3, 0.4) is 0 Å². The van der Waals surface area contributed by atoms with Gasteiger partial charge in [0.25, 0.3) is 5.91 Å². The summed E-state index contributed by atoms with van der Waals surface area (Å²) in [5, 5.41) is 3.07. The van der Waals surface area contributed by atoms with E-state index in [1.807, 2.05) is 19.1 Å². The highest BCUT2D eigenvalue weighted by molar-refractivity contribution is 6.23. The first-order valence-electron chi connectivity index (χ1n) is 9.76. The molecular formula is C22H26N2O6. The summed E-state index contributed by atoms with van der Waals surface area (Å²) in [6, 6.07) is 5.45. The number of carbonyl (C=O) groups excluding carboxylic acids is 2. The lowest BCUT2D eigenvalue weighted by Gasteiger charge is -2.42. The molecule has 160 valence electrons. The zero-order valence-electron chi connectivity index (χ0n) is 17.7. The van der Waals surface area contributed by atoms with Crippen molar-refractivity contribution in [1.29, 1.82) is 0 Å². The van der Waals surface area contributed by atoms with E-state index in [2.05, 4.69) is 5.92 Å². The van der Waals surface area contributed by atoms with E-state index in [4.69, 9.17) is 25.6 Å². The molecule has 2 aliphatic heterocycles. The van der Waals surface area contributed by atoms with Crippen molar-refractivity contribution < 1.29 is 28.7 Å². The molecule has 0 radical (unpaired) electrons. The molecule has 1 aromatic carbocycles. The van der Waals surface area contributed by atoms with Gasteiger partial charge in [0.15, 0.2) is 5.76 Å². The third-order valence-corrected chi connectivity index (χ3v) is 5.47. The number of rotatable bonds is 5. The predicted molar refractivity (Wildman–Crippen MR) is 109 cm³/mol. The van der Waals surface area contributed by atoms with E-state index >= 15 is 0 Å². The zero-order valence-corrected chi connectivity index (χ0v) is 17.7. The van der Waals surface area contributed by atoms with E-state index in [1.165, 1.54) is 12.2 Å². The highest BCUT2D eigenvalue weighted by Crippen LogP contribution is 2.47. The Morgan fingerprint density at radius 3 is 2.50 bits per heavy atom. The maximum atomic E-state index is 13.5. The average Bonchev–Trinajstić information content (AvgIpc) is 2.95. The van der Waals surface area contributed by atoms with Gasteiger partial charge in [-0.1, -0.05) is 17.6 Å². The van der Waals surface area contributed by atoms with Crippen LogP contribution in [0.25, 0.3) is 5.57 Å². The maximum Gasteiger partial charge on any atom is 0.513 e. The van der Waals surface area contributed by atoms with Gasteiger partial charge in [0.1, 0.15) is 5.54 Å². The lowest BCUT2D eigenvalue weighted by molar-refractivity contribution is -0.221. The Labute approximate surface area is 176 Å². The quantitative estimate of drug-likeness (QED) is 0.541. The number of amides is 1. The molecule has 0 aliphatic carbocycles. The molecule has 0 N–H and O–H groups in total. The normalized spacial score (nSPS) is 18.6. The van der Waals surface area contributed by atoms with Crippen LogP contribution in [0.1, 0.15) is 36.5 Å². The third-order valence-electron chi connectivity index (χ3n) is 5.47. The van der Waals surface area contributed by atoms with Gasteiger partial charge in [-0.3, -0.25) is 9.63 Å². The fourth-order valence-corrected chi connectivity index (χ4v) is 4.05. The first kappa shape index (κ1) is 21.8. The smallest absolute Gasteiger partial charge is 0.434 e. The molecular weight excluding hydrogens is 388 g/mol. The molecule has 1 amide bonds. The van der Waals surface area contributed by atoms with Gasteiger partial charge in [-0.15, -0.1) is 6.42 Å². The minimum atomic E-state index is -0.974. The van der Waals surface area contributed by atoms with Gasteiger partial charge in [-0.25, -0.2) is 9.86 Å². The number of nitrogens with zero attached hydrogens (tertiary/aromatic N) is 2. The van der Waals surface area contributed by atoms with Crippen LogP contribution in [0.15, 0.2) is 24.0 Å². The van der Waals surface area contributed by atoms with E-state index in [9.17, 15) is 9.59 Å². The topological polar surface area (TPSA) is 77.5 Å². The first-order valence-corrected chi connectivity index (χ1v) is 9.76. The SMILES string of the molecule is C#Cc1ccc(C)cc1C1=C(OC(=O)OCC)C2(CCN(OC)CC2)N(OC)C1=O. The molecule has 1 aromatic rings. The second-order valence-corrected chi connectivity index (χ2v) is 7.11. The monoisotopic (exact) mass is 414 g/mol. The van der Waals surface area contributed by atoms with Crippen molar-refractivity contribution >= 4 is 17.6 Å². The predicted octanol–water partition coefficient (Wildman–Crippen LogP) is 2.66. The molecule has 30 heavy (non-hydrogen) atoms. The number of ether oxygens (including phenoxy) is 2. The molecule has 0 unspecified atom stereocenters. The molecule has 0 aromatic heterocycles. The summed E-state index contributed by atoms with van der Waals surface area (Å²) in [6.45, 7) is 4.76. The summed E-state index contributed by atoms with van der Waals surface area (Å²) < 4.78 is 10.7. The summed E-state index contributed by atoms with van der Waals surface area (Å²) in [7, 11) is 3.01. The van der Waals surface area contributed by atoms with Crippen LogP contribution in [-0.4, -0.2) is 61.6 Å². The Kier molecular flexibility index (Phi) is 6.46. The zero-order chi connectivity index (χ0) is 21.9. The van der Waals surface area contributed by atoms with Crippen LogP contribution in [0.5, 0.6) is 0 Å². The Morgan fingerprint density at radius 1 is 1.23 bits per heavy atom. The summed E-state index contributed by atoms with van der Waals surface area (Å²) in [5.74, 6) is 2.40. The highest BCUT2D eigenvalue weighted by atomic mass is 16.7. The van der Waals surface area contributed by atoms with E-state index < -0.39 is 17.6 Å². The van der Waals surface area contributed by atoms with Gasteiger partial charge in [-0.2, -0.15) is 5.06 Å². The molecule has 3 rings (SSSR count). The van der Waals surface area contributed by atoms with Crippen molar-refractivity contribution in [2.75, 3.05) is 33.9 Å². The van der Waals surface area contributed by atoms with Crippen LogP contribution in [0.2, 0.25) is 0 Å². The van der Waals surface area contributed by atoms with Crippen LogP contribution >= 0.6 is 0 Å². The lowest BCUT2D eigenvalue weighted by Crippen LogP contribution is -2.55. The molecule has 2 heterocycles. The second-order valence-electron chi connectivity index (χ2n) is 7.11. The first-order chi connectivity index (χ1) is 14.4. The number of piperidine rings is 1. The van der Waals surface area contributed by atoms with Crippen molar-refractivity contribution in [2.45, 2.75) is 32.2 Å². The van der Waals surface area contributed by atoms with Gasteiger partial charge in [0.2, 0.25) is 0 Å². The molecule has 8 nitrogen and oxygen atoms in total. The summed E-state index contributed by atoms with van der Waals surface area (Å²) in [4.78, 5) is 36.6. The standard InChI is InChI=1S/C22H26N2O6/c1-6-16-9-8-15(3)14-17(16)18-19(30-21(26)29-7-2)22(24(28-5)20(18)25)10-12-23(27-4)13-11-22/h1,8-9,14H,7,10-13H2,2-5H3. The van der Waals surface area contributed by atoms with E-state index in [1.54, 1.807) is 25.2 Å². The second kappa shape index (κ2) is 8.88. The molecule has 1 fully saturated rings. The molecule has 1 spiro atoms. The number of hydrogen-bond donors (Lipinski definition) is 0. The number of terminal acetylenes is 1. The largest absolute Gasteiger partial charge is 0.513 e. The Bertz CT molecular complexity index is 909. The van der Waals surface area contributed by atoms with E-state index in [-0.39, 0.29) is 17.9 Å². The van der Waals surface area contributed by atoms with Crippen LogP contribution < -0.4 is 0 Å². The van der Waals surface area contributed by atoms with E-state index in [0.717, 1.165) is 5.56 Å². The summed E-state index contributed by atoms with van der Waals surface area (Å²) in [6.07, 6.45) is 5.70. The van der Waals surface area contributed by atoms with Crippen LogP contribution in [-0.2, 0) is 23.9 Å². The number of aryl methyl sites for hydroxylation is 1. The van der Waals surface area contributed by atoms with Gasteiger partial charge in [-0.05, 0) is 38.8 Å². The molecule has 2 aliphatic rings. The molecule has 0 bridgehead atoms. The summed E-state index contributed by atoms with van der Waals surface area (Å²) >= 11 is 0. The molecule has 1 saturated heterocycles. The minimum Gasteiger partial charge on any atom is -0.434 e. The minimum absolute atomic E-state index is 0.147. The van der Waals surface area contributed by atoms with Gasteiger partial charge in [0, 0.05) is 24.2 Å². The molecule has 0 atom stereocenters. The maximum absolute atomic E-state index is 13.5. The Balaban J connectivity index is 2.21. The fourth-order valence-electron chi connectivity index (χ4n) is 4.05. The fraction of sp³-hybridized carbons (Fsp3) is 0.455. The van der Waals surface area contributed by atoms with E-state index in [0.29, 0.717) is 37.1 Å². The Morgan fingerprint density at radius 2 is 1.93 bits per heavy atom. The van der Waals surface area contributed by atoms with Crippen molar-refractivity contribution in [3.05, 3.63) is 40.6 Å². The van der Waals surface area contributed by atoms with Crippen molar-refractivity contribution in [2.24, 2.45) is 0 Å². The third kappa shape index (κ3) is 3.67. The summed E-state index contributed by atoms with van der Waals surface area (Å²) in [5.41, 5.74) is 1.20. The number of hydrogen-bond acceptors (Lipinski definition) is 7. The van der Waals surface area contributed by atoms with Gasteiger partial charge < -0.3 is 14.3 Å². The molecule has 0 saturated carbocycles. The van der Waals surface area contributed by atoms with Crippen LogP contribution in [0, 0.1) is 19.3 Å². The number of carbonyl (C=O) groups is 2.